The molecule has 0 spiro atoms. The summed E-state index contributed by atoms with van der Waals surface area (Å²) in [5.41, 5.74) is 9.67. The van der Waals surface area contributed by atoms with Gasteiger partial charge in [0.15, 0.2) is 5.96 Å². The molecule has 2 unspecified atom stereocenters. The summed E-state index contributed by atoms with van der Waals surface area (Å²) >= 11 is 0. The van der Waals surface area contributed by atoms with Crippen molar-refractivity contribution in [1.82, 2.24) is 0 Å². The SMILES string of the molecule is COc1ccc(NC(N)=NC2CC2c2ccc(C(C)C)cc2)cc1.I. The van der Waals surface area contributed by atoms with E-state index in [0.717, 1.165) is 17.9 Å². The third-order valence-corrected chi connectivity index (χ3v) is 4.46. The molecule has 1 aliphatic rings. The number of aliphatic imine (C=N–C) groups is 1. The first-order valence-corrected chi connectivity index (χ1v) is 8.41. The second kappa shape index (κ2) is 8.56. The van der Waals surface area contributed by atoms with Gasteiger partial charge in [-0.05, 0) is 47.7 Å². The predicted molar refractivity (Wildman–Crippen MR) is 115 cm³/mol. The molecule has 3 rings (SSSR count). The molecule has 0 bridgehead atoms. The van der Waals surface area contributed by atoms with Crippen molar-refractivity contribution in [2.45, 2.75) is 38.1 Å². The summed E-state index contributed by atoms with van der Waals surface area (Å²) in [7, 11) is 1.65. The average molecular weight is 451 g/mol. The Labute approximate surface area is 166 Å². The summed E-state index contributed by atoms with van der Waals surface area (Å²) in [5, 5.41) is 3.13. The second-order valence-electron chi connectivity index (χ2n) is 6.60. The number of guanidine groups is 1. The second-order valence-corrected chi connectivity index (χ2v) is 6.60. The number of hydrogen-bond acceptors (Lipinski definition) is 2. The third-order valence-electron chi connectivity index (χ3n) is 4.46. The summed E-state index contributed by atoms with van der Waals surface area (Å²) in [5.74, 6) is 2.34. The van der Waals surface area contributed by atoms with Crippen LogP contribution in [0.25, 0.3) is 0 Å². The maximum Gasteiger partial charge on any atom is 0.193 e. The van der Waals surface area contributed by atoms with Crippen LogP contribution < -0.4 is 15.8 Å². The zero-order valence-electron chi connectivity index (χ0n) is 14.9. The molecule has 0 radical (unpaired) electrons. The number of ether oxygens (including phenoxy) is 1. The van der Waals surface area contributed by atoms with Gasteiger partial charge in [0.2, 0.25) is 0 Å². The number of anilines is 1. The number of benzene rings is 2. The molecule has 0 saturated heterocycles. The third kappa shape index (κ3) is 5.11. The van der Waals surface area contributed by atoms with Crippen molar-refractivity contribution in [3.8, 4) is 5.75 Å². The minimum absolute atomic E-state index is 0. The highest BCUT2D eigenvalue weighted by Gasteiger charge is 2.38. The molecule has 4 nitrogen and oxygen atoms in total. The molecular formula is C20H26IN3O. The smallest absolute Gasteiger partial charge is 0.193 e. The van der Waals surface area contributed by atoms with Crippen LogP contribution in [0.1, 0.15) is 43.2 Å². The molecule has 1 saturated carbocycles. The zero-order chi connectivity index (χ0) is 17.1. The Hall–Kier alpha value is -1.76. The molecule has 3 N–H and O–H groups in total. The van der Waals surface area contributed by atoms with Crippen molar-refractivity contribution in [2.24, 2.45) is 10.7 Å². The van der Waals surface area contributed by atoms with E-state index in [-0.39, 0.29) is 30.0 Å². The highest BCUT2D eigenvalue weighted by Crippen LogP contribution is 2.43. The first-order chi connectivity index (χ1) is 11.6. The Morgan fingerprint density at radius 1 is 1.12 bits per heavy atom. The number of nitrogens with zero attached hydrogens (tertiary/aromatic N) is 1. The molecule has 134 valence electrons. The molecule has 2 aromatic rings. The zero-order valence-corrected chi connectivity index (χ0v) is 17.2. The van der Waals surface area contributed by atoms with E-state index in [1.807, 2.05) is 24.3 Å². The van der Waals surface area contributed by atoms with E-state index in [1.165, 1.54) is 11.1 Å². The van der Waals surface area contributed by atoms with Gasteiger partial charge in [0.1, 0.15) is 5.75 Å². The van der Waals surface area contributed by atoms with Gasteiger partial charge in [0.05, 0.1) is 13.2 Å². The largest absolute Gasteiger partial charge is 0.497 e. The van der Waals surface area contributed by atoms with Crippen molar-refractivity contribution in [1.29, 1.82) is 0 Å². The topological polar surface area (TPSA) is 59.6 Å². The highest BCUT2D eigenvalue weighted by atomic mass is 127. The fourth-order valence-electron chi connectivity index (χ4n) is 2.84. The van der Waals surface area contributed by atoms with Gasteiger partial charge in [-0.15, -0.1) is 24.0 Å². The molecule has 0 aliphatic heterocycles. The number of hydrogen-bond donors (Lipinski definition) is 2. The van der Waals surface area contributed by atoms with Gasteiger partial charge < -0.3 is 15.8 Å². The number of methoxy groups -OCH3 is 1. The lowest BCUT2D eigenvalue weighted by molar-refractivity contribution is 0.415. The number of halogens is 1. The summed E-state index contributed by atoms with van der Waals surface area (Å²) in [4.78, 5) is 4.59. The van der Waals surface area contributed by atoms with Crippen molar-refractivity contribution < 1.29 is 4.74 Å². The number of nitrogens with two attached hydrogens (primary N) is 1. The Morgan fingerprint density at radius 3 is 2.32 bits per heavy atom. The fourth-order valence-corrected chi connectivity index (χ4v) is 2.84. The van der Waals surface area contributed by atoms with E-state index >= 15 is 0 Å². The Bertz CT molecular complexity index is 711. The normalized spacial score (nSPS) is 19.3. The van der Waals surface area contributed by atoms with E-state index < -0.39 is 0 Å². The number of nitrogens with one attached hydrogen (secondary N) is 1. The average Bonchev–Trinajstić information content (AvgIpc) is 3.34. The summed E-state index contributed by atoms with van der Waals surface area (Å²) in [6.45, 7) is 4.43. The minimum atomic E-state index is 0. The van der Waals surface area contributed by atoms with Crippen molar-refractivity contribution in [3.05, 3.63) is 59.7 Å². The monoisotopic (exact) mass is 451 g/mol. The van der Waals surface area contributed by atoms with Crippen LogP contribution in [0.4, 0.5) is 5.69 Å². The van der Waals surface area contributed by atoms with Crippen molar-refractivity contribution >= 4 is 35.6 Å². The molecule has 0 heterocycles. The van der Waals surface area contributed by atoms with Gasteiger partial charge in [-0.2, -0.15) is 0 Å². The van der Waals surface area contributed by atoms with Gasteiger partial charge in [-0.25, -0.2) is 4.99 Å². The van der Waals surface area contributed by atoms with Crippen LogP contribution in [0.2, 0.25) is 0 Å². The molecular weight excluding hydrogens is 425 g/mol. The lowest BCUT2D eigenvalue weighted by Crippen LogP contribution is -2.23. The summed E-state index contributed by atoms with van der Waals surface area (Å²) in [6.07, 6.45) is 1.06. The maximum atomic E-state index is 6.03. The van der Waals surface area contributed by atoms with Gasteiger partial charge >= 0.3 is 0 Å². The van der Waals surface area contributed by atoms with E-state index in [9.17, 15) is 0 Å². The summed E-state index contributed by atoms with van der Waals surface area (Å²) in [6, 6.07) is 16.8. The maximum absolute atomic E-state index is 6.03. The first kappa shape index (κ1) is 19.6. The Balaban J connectivity index is 0.00000225. The molecule has 2 atom stereocenters. The highest BCUT2D eigenvalue weighted by molar-refractivity contribution is 14.0. The molecule has 2 aromatic carbocycles. The van der Waals surface area contributed by atoms with Crippen LogP contribution >= 0.6 is 24.0 Å². The van der Waals surface area contributed by atoms with E-state index in [0.29, 0.717) is 17.8 Å². The van der Waals surface area contributed by atoms with E-state index in [2.05, 4.69) is 48.4 Å². The summed E-state index contributed by atoms with van der Waals surface area (Å²) < 4.78 is 5.15. The molecule has 1 aliphatic carbocycles. The van der Waals surface area contributed by atoms with Gasteiger partial charge in [-0.3, -0.25) is 0 Å². The van der Waals surface area contributed by atoms with Crippen LogP contribution in [0.15, 0.2) is 53.5 Å². The molecule has 0 aromatic heterocycles. The Kier molecular flexibility index (Phi) is 6.70. The van der Waals surface area contributed by atoms with Gasteiger partial charge in [0, 0.05) is 11.6 Å². The van der Waals surface area contributed by atoms with Crippen molar-refractivity contribution in [2.75, 3.05) is 12.4 Å². The van der Waals surface area contributed by atoms with Crippen LogP contribution in [-0.4, -0.2) is 19.1 Å². The molecule has 0 amide bonds. The quantitative estimate of drug-likeness (QED) is 0.393. The lowest BCUT2D eigenvalue weighted by atomic mass is 10.0. The van der Waals surface area contributed by atoms with Crippen LogP contribution in [0.3, 0.4) is 0 Å². The van der Waals surface area contributed by atoms with E-state index in [4.69, 9.17) is 10.5 Å². The fraction of sp³-hybridized carbons (Fsp3) is 0.350. The standard InChI is InChI=1S/C20H25N3O.HI/c1-13(2)14-4-6-15(7-5-14)18-12-19(18)23-20(21)22-16-8-10-17(24-3)11-9-16;/h4-11,13,18-19H,12H2,1-3H3,(H3,21,22,23);1H. The van der Waals surface area contributed by atoms with Gasteiger partial charge in [-0.1, -0.05) is 38.1 Å². The van der Waals surface area contributed by atoms with Crippen LogP contribution in [0, 0.1) is 0 Å². The van der Waals surface area contributed by atoms with Crippen LogP contribution in [-0.2, 0) is 0 Å². The number of rotatable bonds is 5. The molecule has 1 fully saturated rings. The first-order valence-electron chi connectivity index (χ1n) is 8.41. The van der Waals surface area contributed by atoms with Crippen molar-refractivity contribution in [3.63, 3.8) is 0 Å². The molecule has 25 heavy (non-hydrogen) atoms. The van der Waals surface area contributed by atoms with E-state index in [1.54, 1.807) is 7.11 Å². The molecule has 5 heteroatoms. The van der Waals surface area contributed by atoms with Crippen LogP contribution in [0.5, 0.6) is 5.75 Å². The van der Waals surface area contributed by atoms with Gasteiger partial charge in [0.25, 0.3) is 0 Å². The predicted octanol–water partition coefficient (Wildman–Crippen LogP) is 4.72. The minimum Gasteiger partial charge on any atom is -0.497 e. The lowest BCUT2D eigenvalue weighted by Gasteiger charge is -2.07. The Morgan fingerprint density at radius 2 is 1.76 bits per heavy atom.